The zero-order valence-corrected chi connectivity index (χ0v) is 24.0. The fraction of sp³-hybridized carbons (Fsp3) is 0.433. The minimum absolute atomic E-state index is 0.0295. The highest BCUT2D eigenvalue weighted by Gasteiger charge is 2.36. The Morgan fingerprint density at radius 2 is 1.76 bits per heavy atom. The molecule has 2 atom stereocenters. The first-order chi connectivity index (χ1) is 19.9. The summed E-state index contributed by atoms with van der Waals surface area (Å²) in [5, 5.41) is 2.66. The number of likely N-dealkylation sites (N-methyl/N-ethyl adjacent to an activating group) is 1. The normalized spacial score (nSPS) is 20.1. The lowest BCUT2D eigenvalue weighted by Gasteiger charge is -2.39. The third-order valence-electron chi connectivity index (χ3n) is 7.83. The molecule has 0 radical (unpaired) electrons. The second-order valence-electron chi connectivity index (χ2n) is 11.0. The van der Waals surface area contributed by atoms with Crippen LogP contribution in [-0.2, 0) is 10.9 Å². The highest BCUT2D eigenvalue weighted by Crippen LogP contribution is 2.37. The Morgan fingerprint density at radius 1 is 1.02 bits per heavy atom. The highest BCUT2D eigenvalue weighted by atomic mass is 19.4. The van der Waals surface area contributed by atoms with Crippen LogP contribution in [0.25, 0.3) is 11.1 Å². The van der Waals surface area contributed by atoms with Crippen molar-refractivity contribution in [1.82, 2.24) is 14.9 Å². The van der Waals surface area contributed by atoms with Crippen LogP contribution in [0.4, 0.5) is 34.9 Å². The number of morpholine rings is 1. The molecule has 0 unspecified atom stereocenters. The van der Waals surface area contributed by atoms with E-state index in [1.807, 2.05) is 30.7 Å². The highest BCUT2D eigenvalue weighted by molar-refractivity contribution is 6.07. The summed E-state index contributed by atoms with van der Waals surface area (Å²) >= 11 is 0. The predicted octanol–water partition coefficient (Wildman–Crippen LogP) is 5.23. The number of carbonyl (C=O) groups is 1. The Kier molecular flexibility index (Phi) is 8.38. The van der Waals surface area contributed by atoms with E-state index in [1.165, 1.54) is 37.5 Å². The summed E-state index contributed by atoms with van der Waals surface area (Å²) in [5.41, 5.74) is -0.0681. The Hall–Kier alpha value is -3.77. The number of hydrogen-bond donors (Lipinski definition) is 1. The van der Waals surface area contributed by atoms with Gasteiger partial charge in [0, 0.05) is 62.3 Å². The van der Waals surface area contributed by atoms with Crippen LogP contribution in [0.15, 0.2) is 42.7 Å². The van der Waals surface area contributed by atoms with Gasteiger partial charge in [0.2, 0.25) is 5.95 Å². The summed E-state index contributed by atoms with van der Waals surface area (Å²) in [5.74, 6) is -1.00. The number of anilines is 3. The van der Waals surface area contributed by atoms with Crippen molar-refractivity contribution >= 4 is 23.2 Å². The number of nitrogens with one attached hydrogen (secondary N) is 1. The molecule has 224 valence electrons. The molecule has 0 saturated carbocycles. The van der Waals surface area contributed by atoms with E-state index in [9.17, 15) is 18.0 Å². The Balaban J connectivity index is 1.52. The maximum Gasteiger partial charge on any atom is 0.417 e. The molecular formula is C30H34F4N6O2. The molecule has 2 fully saturated rings. The number of halogens is 4. The van der Waals surface area contributed by atoms with Gasteiger partial charge in [-0.15, -0.1) is 0 Å². The van der Waals surface area contributed by atoms with E-state index in [0.717, 1.165) is 12.1 Å². The van der Waals surface area contributed by atoms with Crippen LogP contribution < -0.4 is 15.1 Å². The first-order valence-electron chi connectivity index (χ1n) is 13.9. The van der Waals surface area contributed by atoms with E-state index in [0.29, 0.717) is 62.1 Å². The van der Waals surface area contributed by atoms with Gasteiger partial charge in [-0.3, -0.25) is 4.79 Å². The number of nitrogens with zero attached hydrogens (tertiary/aromatic N) is 5. The fourth-order valence-corrected chi connectivity index (χ4v) is 5.32. The van der Waals surface area contributed by atoms with Crippen molar-refractivity contribution in [2.45, 2.75) is 39.1 Å². The van der Waals surface area contributed by atoms with Gasteiger partial charge in [-0.25, -0.2) is 14.4 Å². The van der Waals surface area contributed by atoms with Crippen LogP contribution in [0.1, 0.15) is 35.3 Å². The van der Waals surface area contributed by atoms with Gasteiger partial charge in [0.25, 0.3) is 5.91 Å². The molecule has 0 aliphatic carbocycles. The minimum Gasteiger partial charge on any atom is -0.375 e. The molecule has 1 N–H and O–H groups in total. The number of piperazine rings is 1. The molecule has 3 heterocycles. The van der Waals surface area contributed by atoms with E-state index in [1.54, 1.807) is 0 Å². The van der Waals surface area contributed by atoms with E-state index in [2.05, 4.69) is 20.2 Å². The van der Waals surface area contributed by atoms with Gasteiger partial charge >= 0.3 is 6.18 Å². The van der Waals surface area contributed by atoms with E-state index in [-0.39, 0.29) is 23.4 Å². The summed E-state index contributed by atoms with van der Waals surface area (Å²) in [6.07, 6.45) is -1.68. The average molecular weight is 587 g/mol. The molecule has 0 bridgehead atoms. The fourth-order valence-electron chi connectivity index (χ4n) is 5.32. The Labute approximate surface area is 242 Å². The molecule has 5 rings (SSSR count). The predicted molar refractivity (Wildman–Crippen MR) is 153 cm³/mol. The van der Waals surface area contributed by atoms with E-state index < -0.39 is 29.0 Å². The van der Waals surface area contributed by atoms with Crippen LogP contribution in [-0.4, -0.2) is 79.3 Å². The first-order valence-corrected chi connectivity index (χ1v) is 13.9. The van der Waals surface area contributed by atoms with Crippen LogP contribution in [0.2, 0.25) is 0 Å². The molecule has 2 aliphatic rings. The lowest BCUT2D eigenvalue weighted by molar-refractivity contribution is -0.137. The van der Waals surface area contributed by atoms with Crippen molar-refractivity contribution in [2.24, 2.45) is 0 Å². The van der Waals surface area contributed by atoms with Crippen LogP contribution >= 0.6 is 0 Å². The summed E-state index contributed by atoms with van der Waals surface area (Å²) in [7, 11) is 1.99. The van der Waals surface area contributed by atoms with Gasteiger partial charge in [-0.05, 0) is 52.1 Å². The first kappa shape index (κ1) is 29.7. The van der Waals surface area contributed by atoms with Crippen molar-refractivity contribution in [3.05, 3.63) is 65.2 Å². The smallest absolute Gasteiger partial charge is 0.375 e. The maximum absolute atomic E-state index is 15.7. The Bertz CT molecular complexity index is 1450. The largest absolute Gasteiger partial charge is 0.417 e. The third kappa shape index (κ3) is 6.34. The zero-order valence-electron chi connectivity index (χ0n) is 24.0. The molecular weight excluding hydrogens is 552 g/mol. The van der Waals surface area contributed by atoms with Crippen molar-refractivity contribution < 1.29 is 27.1 Å². The van der Waals surface area contributed by atoms with Crippen LogP contribution in [0.5, 0.6) is 0 Å². The summed E-state index contributed by atoms with van der Waals surface area (Å²) in [6.45, 7) is 9.13. The lowest BCUT2D eigenvalue weighted by Crippen LogP contribution is -2.50. The molecule has 3 aromatic rings. The number of hydrogen-bond acceptors (Lipinski definition) is 7. The molecule has 42 heavy (non-hydrogen) atoms. The van der Waals surface area contributed by atoms with Crippen molar-refractivity contribution in [3.63, 3.8) is 0 Å². The number of aromatic nitrogens is 2. The van der Waals surface area contributed by atoms with Gasteiger partial charge in [-0.1, -0.05) is 11.6 Å². The van der Waals surface area contributed by atoms with Crippen molar-refractivity contribution in [3.8, 4) is 11.1 Å². The molecule has 2 saturated heterocycles. The summed E-state index contributed by atoms with van der Waals surface area (Å²) in [6, 6.07) is 6.47. The standard InChI is InChI=1S/C30H34F4N6O2/c1-18-5-6-22(24(11-18)30(32,33)34)28(41)37-26-12-23(25(31)13-27(26)39-8-7-38(4)19(2)16-39)21-14-35-29(36-15-21)40-9-10-42-20(3)17-40/h5-6,11-15,19-20H,7-10,16-17H2,1-4H3,(H,37,41)/t19-,20-/m0/s1. The van der Waals surface area contributed by atoms with E-state index >= 15 is 4.39 Å². The van der Waals surface area contributed by atoms with E-state index in [4.69, 9.17) is 4.74 Å². The molecule has 2 aliphatic heterocycles. The van der Waals surface area contributed by atoms with Crippen molar-refractivity contribution in [2.75, 3.05) is 61.5 Å². The SMILES string of the molecule is Cc1ccc(C(=O)Nc2cc(-c3cnc(N4CCO[C@@H](C)C4)nc3)c(F)cc2N2CCN(C)[C@@H](C)C2)c(C(F)(F)F)c1. The number of benzene rings is 2. The molecule has 2 aromatic carbocycles. The average Bonchev–Trinajstić information content (AvgIpc) is 2.95. The lowest BCUT2D eigenvalue weighted by atomic mass is 10.0. The van der Waals surface area contributed by atoms with Gasteiger partial charge in [0.1, 0.15) is 5.82 Å². The maximum atomic E-state index is 15.7. The van der Waals surface area contributed by atoms with Crippen molar-refractivity contribution in [1.29, 1.82) is 0 Å². The van der Waals surface area contributed by atoms with Gasteiger partial charge in [-0.2, -0.15) is 13.2 Å². The van der Waals surface area contributed by atoms with Gasteiger partial charge in [0.05, 0.1) is 35.2 Å². The monoisotopic (exact) mass is 586 g/mol. The number of rotatable bonds is 5. The zero-order chi connectivity index (χ0) is 30.2. The second kappa shape index (κ2) is 11.8. The van der Waals surface area contributed by atoms with Crippen LogP contribution in [0.3, 0.4) is 0 Å². The number of ether oxygens (including phenoxy) is 1. The quantitative estimate of drug-likeness (QED) is 0.411. The second-order valence-corrected chi connectivity index (χ2v) is 11.0. The number of aryl methyl sites for hydroxylation is 1. The molecule has 0 spiro atoms. The Morgan fingerprint density at radius 3 is 2.43 bits per heavy atom. The van der Waals surface area contributed by atoms with Crippen LogP contribution in [0, 0.1) is 12.7 Å². The third-order valence-corrected chi connectivity index (χ3v) is 7.83. The molecule has 1 aromatic heterocycles. The number of carbonyl (C=O) groups excluding carboxylic acids is 1. The molecule has 8 nitrogen and oxygen atoms in total. The minimum atomic E-state index is -4.72. The number of amides is 1. The molecule has 12 heteroatoms. The summed E-state index contributed by atoms with van der Waals surface area (Å²) in [4.78, 5) is 28.3. The van der Waals surface area contributed by atoms with Gasteiger partial charge in [0.15, 0.2) is 0 Å². The topological polar surface area (TPSA) is 73.8 Å². The number of alkyl halides is 3. The van der Waals surface area contributed by atoms with Gasteiger partial charge < -0.3 is 24.8 Å². The summed E-state index contributed by atoms with van der Waals surface area (Å²) < 4.78 is 62.8. The molecule has 1 amide bonds.